The number of likely N-dealkylation sites (tertiary alicyclic amines) is 1. The van der Waals surface area contributed by atoms with E-state index in [2.05, 4.69) is 36.9 Å². The first-order chi connectivity index (χ1) is 11.5. The molecule has 0 amide bonds. The van der Waals surface area contributed by atoms with Crippen LogP contribution in [-0.4, -0.2) is 51.7 Å². The average Bonchev–Trinajstić information content (AvgIpc) is 2.60. The molecule has 1 aliphatic heterocycles. The van der Waals surface area contributed by atoms with Crippen molar-refractivity contribution in [2.45, 2.75) is 50.9 Å². The van der Waals surface area contributed by atoms with E-state index in [1.54, 1.807) is 21.3 Å². The number of hydrogen-bond acceptors (Lipinski definition) is 4. The summed E-state index contributed by atoms with van der Waals surface area (Å²) in [4.78, 5) is 2.58. The van der Waals surface area contributed by atoms with E-state index in [9.17, 15) is 0 Å². The van der Waals surface area contributed by atoms with E-state index in [1.165, 1.54) is 24.0 Å². The zero-order valence-electron chi connectivity index (χ0n) is 15.7. The van der Waals surface area contributed by atoms with Crippen LogP contribution in [0.15, 0.2) is 18.2 Å². The molecule has 4 nitrogen and oxygen atoms in total. The quantitative estimate of drug-likeness (QED) is 0.774. The maximum Gasteiger partial charge on any atom is 0.169 e. The van der Waals surface area contributed by atoms with Gasteiger partial charge in [0.15, 0.2) is 6.29 Å². The molecule has 3 rings (SSSR count). The molecule has 1 saturated heterocycles. The van der Waals surface area contributed by atoms with Crippen LogP contribution in [0.4, 0.5) is 0 Å². The second-order valence-corrected chi connectivity index (χ2v) is 7.66. The van der Waals surface area contributed by atoms with Gasteiger partial charge in [0.1, 0.15) is 5.75 Å². The van der Waals surface area contributed by atoms with Gasteiger partial charge in [0.2, 0.25) is 0 Å². The molecule has 4 heteroatoms. The molecule has 0 unspecified atom stereocenters. The van der Waals surface area contributed by atoms with Gasteiger partial charge < -0.3 is 14.2 Å². The van der Waals surface area contributed by atoms with E-state index < -0.39 is 0 Å². The predicted molar refractivity (Wildman–Crippen MR) is 95.6 cm³/mol. The standard InChI is InChI=1S/C20H31NO3/c1-20(2)16-7-6-10-21(13-19(23-4)24-5)18(16)11-14-8-9-15(22-3)12-17(14)20/h8-9,12,16,18-19H,6-7,10-11,13H2,1-5H3/t16-,18+/m0/s1. The fraction of sp³-hybridized carbons (Fsp3) is 0.700. The molecule has 0 bridgehead atoms. The zero-order chi connectivity index (χ0) is 17.3. The molecule has 0 radical (unpaired) electrons. The summed E-state index contributed by atoms with van der Waals surface area (Å²) in [6, 6.07) is 7.15. The molecule has 0 aromatic heterocycles. The van der Waals surface area contributed by atoms with Crippen LogP contribution in [0.3, 0.4) is 0 Å². The second kappa shape index (κ2) is 7.03. The Morgan fingerprint density at radius 2 is 1.96 bits per heavy atom. The van der Waals surface area contributed by atoms with Crippen molar-refractivity contribution in [1.29, 1.82) is 0 Å². The van der Waals surface area contributed by atoms with Crippen LogP contribution in [0.1, 0.15) is 37.8 Å². The summed E-state index contributed by atoms with van der Waals surface area (Å²) in [5.74, 6) is 1.62. The lowest BCUT2D eigenvalue weighted by atomic mass is 9.60. The number of benzene rings is 1. The monoisotopic (exact) mass is 333 g/mol. The van der Waals surface area contributed by atoms with Crippen molar-refractivity contribution in [1.82, 2.24) is 4.90 Å². The number of nitrogens with zero attached hydrogens (tertiary/aromatic N) is 1. The molecule has 1 aliphatic carbocycles. The molecule has 1 aromatic carbocycles. The van der Waals surface area contributed by atoms with Crippen LogP contribution in [0.5, 0.6) is 5.75 Å². The summed E-state index contributed by atoms with van der Waals surface area (Å²) in [5.41, 5.74) is 3.07. The van der Waals surface area contributed by atoms with Crippen molar-refractivity contribution < 1.29 is 14.2 Å². The van der Waals surface area contributed by atoms with E-state index in [0.717, 1.165) is 25.3 Å². The molecule has 0 spiro atoms. The Morgan fingerprint density at radius 1 is 1.21 bits per heavy atom. The van der Waals surface area contributed by atoms with E-state index >= 15 is 0 Å². The number of methoxy groups -OCH3 is 3. The average molecular weight is 333 g/mol. The maximum atomic E-state index is 5.47. The topological polar surface area (TPSA) is 30.9 Å². The number of rotatable bonds is 5. The van der Waals surface area contributed by atoms with E-state index in [1.807, 2.05) is 0 Å². The second-order valence-electron chi connectivity index (χ2n) is 7.66. The minimum absolute atomic E-state index is 0.149. The van der Waals surface area contributed by atoms with Gasteiger partial charge in [0.05, 0.1) is 7.11 Å². The third-order valence-electron chi connectivity index (χ3n) is 6.17. The molecule has 0 saturated carbocycles. The van der Waals surface area contributed by atoms with Gasteiger partial charge in [-0.05, 0) is 60.4 Å². The van der Waals surface area contributed by atoms with Gasteiger partial charge >= 0.3 is 0 Å². The Hall–Kier alpha value is -1.10. The molecule has 134 valence electrons. The van der Waals surface area contributed by atoms with E-state index in [0.29, 0.717) is 12.0 Å². The van der Waals surface area contributed by atoms with Gasteiger partial charge in [0.25, 0.3) is 0 Å². The van der Waals surface area contributed by atoms with Gasteiger partial charge in [0, 0.05) is 26.8 Å². The Balaban J connectivity index is 1.91. The van der Waals surface area contributed by atoms with Crippen molar-refractivity contribution >= 4 is 0 Å². The van der Waals surface area contributed by atoms with Crippen molar-refractivity contribution in [2.24, 2.45) is 5.92 Å². The predicted octanol–water partition coefficient (Wildman–Crippen LogP) is 3.23. The van der Waals surface area contributed by atoms with Crippen molar-refractivity contribution in [3.05, 3.63) is 29.3 Å². The highest BCUT2D eigenvalue weighted by Gasteiger charge is 2.46. The Bertz CT molecular complexity index is 568. The molecule has 24 heavy (non-hydrogen) atoms. The number of piperidine rings is 1. The molecular weight excluding hydrogens is 302 g/mol. The first kappa shape index (κ1) is 17.7. The van der Waals surface area contributed by atoms with Gasteiger partial charge in [-0.1, -0.05) is 19.9 Å². The number of ether oxygens (including phenoxy) is 3. The summed E-state index contributed by atoms with van der Waals surface area (Å²) in [5, 5.41) is 0. The summed E-state index contributed by atoms with van der Waals surface area (Å²) >= 11 is 0. The third kappa shape index (κ3) is 3.07. The summed E-state index contributed by atoms with van der Waals surface area (Å²) in [6.45, 7) is 6.77. The first-order valence-electron chi connectivity index (χ1n) is 8.98. The van der Waals surface area contributed by atoms with Crippen LogP contribution >= 0.6 is 0 Å². The highest BCUT2D eigenvalue weighted by Crippen LogP contribution is 2.47. The van der Waals surface area contributed by atoms with Crippen LogP contribution in [0, 0.1) is 5.92 Å². The Morgan fingerprint density at radius 3 is 2.62 bits per heavy atom. The minimum Gasteiger partial charge on any atom is -0.497 e. The molecule has 2 atom stereocenters. The van der Waals surface area contributed by atoms with Crippen LogP contribution in [0.25, 0.3) is 0 Å². The molecule has 0 N–H and O–H groups in total. The number of fused-ring (bicyclic) bond motifs is 2. The highest BCUT2D eigenvalue weighted by molar-refractivity contribution is 5.43. The smallest absolute Gasteiger partial charge is 0.169 e. The largest absolute Gasteiger partial charge is 0.497 e. The van der Waals surface area contributed by atoms with Crippen molar-refractivity contribution in [3.8, 4) is 5.75 Å². The maximum absolute atomic E-state index is 5.47. The Kier molecular flexibility index (Phi) is 5.19. The van der Waals surface area contributed by atoms with E-state index in [4.69, 9.17) is 14.2 Å². The third-order valence-corrected chi connectivity index (χ3v) is 6.17. The van der Waals surface area contributed by atoms with Crippen LogP contribution in [0.2, 0.25) is 0 Å². The zero-order valence-corrected chi connectivity index (χ0v) is 15.7. The first-order valence-corrected chi connectivity index (χ1v) is 8.98. The van der Waals surface area contributed by atoms with Crippen molar-refractivity contribution in [3.63, 3.8) is 0 Å². The van der Waals surface area contributed by atoms with Gasteiger partial charge in [-0.25, -0.2) is 0 Å². The molecule has 2 aliphatic rings. The fourth-order valence-corrected chi connectivity index (χ4v) is 4.79. The minimum atomic E-state index is -0.149. The number of hydrogen-bond donors (Lipinski definition) is 0. The molecule has 1 aromatic rings. The van der Waals surface area contributed by atoms with Crippen molar-refractivity contribution in [2.75, 3.05) is 34.4 Å². The summed E-state index contributed by atoms with van der Waals surface area (Å²) in [7, 11) is 5.20. The lowest BCUT2D eigenvalue weighted by molar-refractivity contribution is -0.129. The van der Waals surface area contributed by atoms with Gasteiger partial charge in [-0.3, -0.25) is 4.90 Å². The summed E-state index contributed by atoms with van der Waals surface area (Å²) < 4.78 is 16.4. The van der Waals surface area contributed by atoms with Crippen LogP contribution < -0.4 is 4.74 Å². The fourth-order valence-electron chi connectivity index (χ4n) is 4.79. The lowest BCUT2D eigenvalue weighted by Gasteiger charge is -2.52. The van der Waals surface area contributed by atoms with E-state index in [-0.39, 0.29) is 11.7 Å². The SMILES string of the molecule is COc1ccc2c(c1)C(C)(C)[C@H]1CCCN(CC(OC)OC)[C@@H]1C2. The van der Waals surface area contributed by atoms with Gasteiger partial charge in [-0.2, -0.15) is 0 Å². The summed E-state index contributed by atoms with van der Waals surface area (Å²) in [6.07, 6.45) is 3.48. The van der Waals surface area contributed by atoms with Crippen LogP contribution in [-0.2, 0) is 21.3 Å². The lowest BCUT2D eigenvalue weighted by Crippen LogP contribution is -2.56. The normalized spacial score (nSPS) is 26.1. The Labute approximate surface area is 146 Å². The molecular formula is C20H31NO3. The molecule has 1 fully saturated rings. The highest BCUT2D eigenvalue weighted by atomic mass is 16.7. The molecule has 1 heterocycles. The van der Waals surface area contributed by atoms with Gasteiger partial charge in [-0.15, -0.1) is 0 Å².